The Bertz CT molecular complexity index is 1070. The second-order valence-corrected chi connectivity index (χ2v) is 10.3. The van der Waals surface area contributed by atoms with Crippen LogP contribution in [0.3, 0.4) is 0 Å². The van der Waals surface area contributed by atoms with Gasteiger partial charge in [-0.05, 0) is 68.5 Å². The van der Waals surface area contributed by atoms with Gasteiger partial charge in [0.2, 0.25) is 21.8 Å². The molecule has 2 N–H and O–H groups in total. The lowest BCUT2D eigenvalue weighted by molar-refractivity contribution is -0.122. The molecule has 0 aromatic heterocycles. The van der Waals surface area contributed by atoms with Crippen molar-refractivity contribution in [1.29, 1.82) is 0 Å². The summed E-state index contributed by atoms with van der Waals surface area (Å²) >= 11 is 0. The summed E-state index contributed by atoms with van der Waals surface area (Å²) in [6, 6.07) is 12.4. The van der Waals surface area contributed by atoms with Crippen molar-refractivity contribution in [3.63, 3.8) is 0 Å². The summed E-state index contributed by atoms with van der Waals surface area (Å²) < 4.78 is 27.3. The molecule has 2 aromatic carbocycles. The number of hydrogen-bond donors (Lipinski definition) is 2. The van der Waals surface area contributed by atoms with Gasteiger partial charge >= 0.3 is 0 Å². The van der Waals surface area contributed by atoms with Crippen LogP contribution in [0.2, 0.25) is 0 Å². The van der Waals surface area contributed by atoms with Crippen molar-refractivity contribution in [1.82, 2.24) is 9.62 Å². The van der Waals surface area contributed by atoms with Gasteiger partial charge in [0.15, 0.2) is 0 Å². The smallest absolute Gasteiger partial charge is 0.243 e. The average molecular weight is 458 g/mol. The Morgan fingerprint density at radius 1 is 1.03 bits per heavy atom. The number of nitrogens with zero attached hydrogens (tertiary/aromatic N) is 1. The van der Waals surface area contributed by atoms with E-state index in [0.29, 0.717) is 44.5 Å². The van der Waals surface area contributed by atoms with E-state index in [4.69, 9.17) is 0 Å². The Balaban J connectivity index is 1.49. The zero-order chi connectivity index (χ0) is 23.3. The third-order valence-corrected chi connectivity index (χ3v) is 7.66. The monoisotopic (exact) mass is 457 g/mol. The van der Waals surface area contributed by atoms with Gasteiger partial charge in [0.1, 0.15) is 0 Å². The lowest BCUT2D eigenvalue weighted by Crippen LogP contribution is -2.46. The number of aryl methyl sites for hydroxylation is 3. The summed E-state index contributed by atoms with van der Waals surface area (Å²) in [5, 5.41) is 5.68. The fourth-order valence-electron chi connectivity index (χ4n) is 3.98. The van der Waals surface area contributed by atoms with Gasteiger partial charge in [0.05, 0.1) is 4.90 Å². The molecule has 0 aliphatic carbocycles. The molecular formula is C24H31N3O4S. The van der Waals surface area contributed by atoms with Crippen LogP contribution in [0.5, 0.6) is 0 Å². The molecule has 7 nitrogen and oxygen atoms in total. The molecule has 0 atom stereocenters. The molecule has 0 saturated carbocycles. The van der Waals surface area contributed by atoms with Gasteiger partial charge in [-0.2, -0.15) is 4.31 Å². The Kier molecular flexibility index (Phi) is 7.69. The normalized spacial score (nSPS) is 15.3. The number of hydrogen-bond acceptors (Lipinski definition) is 4. The lowest BCUT2D eigenvalue weighted by Gasteiger charge is -2.31. The SMILES string of the molecule is CC(=O)Nc1ccc(S(=O)(=O)N2CCC(NC(=O)CCc3ccc(C)cc3C)CC2)cc1. The fraction of sp³-hybridized carbons (Fsp3) is 0.417. The first-order valence-electron chi connectivity index (χ1n) is 10.9. The quantitative estimate of drug-likeness (QED) is 0.668. The maximum Gasteiger partial charge on any atom is 0.243 e. The van der Waals surface area contributed by atoms with Crippen molar-refractivity contribution in [2.24, 2.45) is 0 Å². The minimum Gasteiger partial charge on any atom is -0.353 e. The van der Waals surface area contributed by atoms with Crippen molar-refractivity contribution < 1.29 is 18.0 Å². The Morgan fingerprint density at radius 2 is 1.69 bits per heavy atom. The number of nitrogens with one attached hydrogen (secondary N) is 2. The van der Waals surface area contributed by atoms with Crippen LogP contribution in [-0.4, -0.2) is 43.7 Å². The van der Waals surface area contributed by atoms with Crippen molar-refractivity contribution in [3.05, 3.63) is 59.2 Å². The third kappa shape index (κ3) is 6.17. The van der Waals surface area contributed by atoms with Gasteiger partial charge in [-0.1, -0.05) is 23.8 Å². The highest BCUT2D eigenvalue weighted by molar-refractivity contribution is 7.89. The van der Waals surface area contributed by atoms with Gasteiger partial charge < -0.3 is 10.6 Å². The lowest BCUT2D eigenvalue weighted by atomic mass is 10.0. The second kappa shape index (κ2) is 10.3. The molecule has 2 aromatic rings. The van der Waals surface area contributed by atoms with Crippen molar-refractivity contribution in [3.8, 4) is 0 Å². The van der Waals surface area contributed by atoms with Crippen LogP contribution in [-0.2, 0) is 26.0 Å². The third-order valence-electron chi connectivity index (χ3n) is 5.75. The van der Waals surface area contributed by atoms with E-state index >= 15 is 0 Å². The van der Waals surface area contributed by atoms with Crippen LogP contribution in [0.25, 0.3) is 0 Å². The highest BCUT2D eigenvalue weighted by atomic mass is 32.2. The molecule has 0 spiro atoms. The van der Waals surface area contributed by atoms with Crippen LogP contribution in [0.1, 0.15) is 42.9 Å². The molecule has 0 unspecified atom stereocenters. The number of amides is 2. The van der Waals surface area contributed by atoms with Crippen molar-refractivity contribution >= 4 is 27.5 Å². The van der Waals surface area contributed by atoms with Gasteiger partial charge in [-0.3, -0.25) is 9.59 Å². The molecule has 1 fully saturated rings. The number of piperidine rings is 1. The van der Waals surface area contributed by atoms with Crippen molar-refractivity contribution in [2.45, 2.75) is 57.4 Å². The maximum absolute atomic E-state index is 12.9. The summed E-state index contributed by atoms with van der Waals surface area (Å²) in [7, 11) is -3.61. The molecule has 172 valence electrons. The van der Waals surface area contributed by atoms with E-state index in [-0.39, 0.29) is 22.8 Å². The van der Waals surface area contributed by atoms with Gasteiger partial charge in [-0.15, -0.1) is 0 Å². The number of anilines is 1. The predicted molar refractivity (Wildman–Crippen MR) is 125 cm³/mol. The summed E-state index contributed by atoms with van der Waals surface area (Å²) in [6.07, 6.45) is 2.28. The Labute approximate surface area is 190 Å². The summed E-state index contributed by atoms with van der Waals surface area (Å²) in [5.74, 6) is -0.210. The number of carbonyl (C=O) groups is 2. The highest BCUT2D eigenvalue weighted by Gasteiger charge is 2.29. The minimum absolute atomic E-state index is 0.000146. The van der Waals surface area contributed by atoms with Crippen molar-refractivity contribution in [2.75, 3.05) is 18.4 Å². The second-order valence-electron chi connectivity index (χ2n) is 8.38. The summed E-state index contributed by atoms with van der Waals surface area (Å²) in [4.78, 5) is 23.7. The molecule has 3 rings (SSSR count). The molecule has 1 aliphatic rings. The zero-order valence-electron chi connectivity index (χ0n) is 18.8. The first-order chi connectivity index (χ1) is 15.1. The van der Waals surface area contributed by atoms with E-state index in [9.17, 15) is 18.0 Å². The molecule has 2 amide bonds. The molecular weight excluding hydrogens is 426 g/mol. The average Bonchev–Trinajstić information content (AvgIpc) is 2.73. The molecule has 1 heterocycles. The van der Waals surface area contributed by atoms with Crippen LogP contribution in [0.15, 0.2) is 47.4 Å². The number of benzene rings is 2. The molecule has 0 radical (unpaired) electrons. The largest absolute Gasteiger partial charge is 0.353 e. The van der Waals surface area contributed by atoms with Crippen LogP contribution < -0.4 is 10.6 Å². The minimum atomic E-state index is -3.61. The van der Waals surface area contributed by atoms with E-state index in [1.807, 2.05) is 0 Å². The molecule has 1 saturated heterocycles. The molecule has 1 aliphatic heterocycles. The fourth-order valence-corrected chi connectivity index (χ4v) is 5.45. The topological polar surface area (TPSA) is 95.6 Å². The first kappa shape index (κ1) is 23.9. The molecule has 0 bridgehead atoms. The standard InChI is InChI=1S/C24H31N3O4S/c1-17-4-5-20(18(2)16-17)6-11-24(29)26-22-12-14-27(15-13-22)32(30,31)23-9-7-21(8-10-23)25-19(3)28/h4-5,7-10,16,22H,6,11-15H2,1-3H3,(H,25,28)(H,26,29). The van der Waals surface area contributed by atoms with Gasteiger partial charge in [-0.25, -0.2) is 8.42 Å². The molecule has 32 heavy (non-hydrogen) atoms. The summed E-state index contributed by atoms with van der Waals surface area (Å²) in [5.41, 5.74) is 4.14. The highest BCUT2D eigenvalue weighted by Crippen LogP contribution is 2.22. The van der Waals surface area contributed by atoms with E-state index < -0.39 is 10.0 Å². The number of rotatable bonds is 7. The van der Waals surface area contributed by atoms with Gasteiger partial charge in [0.25, 0.3) is 0 Å². The van der Waals surface area contributed by atoms with Crippen LogP contribution in [0.4, 0.5) is 5.69 Å². The van der Waals surface area contributed by atoms with E-state index in [1.165, 1.54) is 40.1 Å². The Morgan fingerprint density at radius 3 is 2.28 bits per heavy atom. The maximum atomic E-state index is 12.9. The molecule has 8 heteroatoms. The Hall–Kier alpha value is -2.71. The van der Waals surface area contributed by atoms with E-state index in [2.05, 4.69) is 42.7 Å². The number of sulfonamides is 1. The first-order valence-corrected chi connectivity index (χ1v) is 12.3. The zero-order valence-corrected chi connectivity index (χ0v) is 19.7. The van der Waals surface area contributed by atoms with Crippen LogP contribution in [0, 0.1) is 13.8 Å². The van der Waals surface area contributed by atoms with Crippen LogP contribution >= 0.6 is 0 Å². The predicted octanol–water partition coefficient (Wildman–Crippen LogP) is 3.16. The van der Waals surface area contributed by atoms with E-state index in [0.717, 1.165) is 0 Å². The van der Waals surface area contributed by atoms with Gasteiger partial charge in [0, 0.05) is 38.2 Å². The number of carbonyl (C=O) groups excluding carboxylic acids is 2. The van der Waals surface area contributed by atoms with E-state index in [1.54, 1.807) is 12.1 Å². The summed E-state index contributed by atoms with van der Waals surface area (Å²) in [6.45, 7) is 6.23.